The molecule has 0 saturated carbocycles. The summed E-state index contributed by atoms with van der Waals surface area (Å²) in [6.07, 6.45) is 1.42. The van der Waals surface area contributed by atoms with Crippen molar-refractivity contribution in [3.05, 3.63) is 11.6 Å². The molecule has 0 aliphatic carbocycles. The number of hydrogen-bond acceptors (Lipinski definition) is 5. The molecule has 0 spiro atoms. The molecule has 0 bridgehead atoms. The van der Waals surface area contributed by atoms with Gasteiger partial charge < -0.3 is 4.18 Å². The zero-order valence-electron chi connectivity index (χ0n) is 4.72. The van der Waals surface area contributed by atoms with Gasteiger partial charge >= 0.3 is 10.3 Å². The van der Waals surface area contributed by atoms with E-state index in [-0.39, 0.29) is 5.19 Å². The smallest absolute Gasteiger partial charge is 0.340 e. The maximum Gasteiger partial charge on any atom is 0.382 e. The Morgan fingerprint density at radius 1 is 1.70 bits per heavy atom. The lowest BCUT2D eigenvalue weighted by Gasteiger charge is -1.93. The highest BCUT2D eigenvalue weighted by atomic mass is 32.2. The largest absolute Gasteiger partial charge is 0.382 e. The van der Waals surface area contributed by atoms with E-state index in [9.17, 15) is 8.42 Å². The summed E-state index contributed by atoms with van der Waals surface area (Å²) in [5.41, 5.74) is 0. The van der Waals surface area contributed by atoms with E-state index < -0.39 is 10.3 Å². The molecule has 1 heterocycles. The van der Waals surface area contributed by atoms with Gasteiger partial charge in [-0.25, -0.2) is 4.98 Å². The minimum Gasteiger partial charge on any atom is -0.340 e. The van der Waals surface area contributed by atoms with Crippen LogP contribution in [0.3, 0.4) is 0 Å². The molecule has 1 rings (SSSR count). The van der Waals surface area contributed by atoms with Crippen molar-refractivity contribution in [3.63, 3.8) is 0 Å². The molecule has 56 valence electrons. The van der Waals surface area contributed by atoms with E-state index in [2.05, 4.69) is 14.3 Å². The molecule has 0 aliphatic rings. The van der Waals surface area contributed by atoms with Crippen molar-refractivity contribution < 1.29 is 12.6 Å². The minimum atomic E-state index is -3.90. The topological polar surface area (TPSA) is 82.3 Å². The lowest BCUT2D eigenvalue weighted by Crippen LogP contribution is -2.18. The SMILES string of the molecule is NS(=O)(=O)Oc1nccs1. The number of nitrogens with zero attached hydrogens (tertiary/aromatic N) is 1. The normalized spacial score (nSPS) is 11.3. The van der Waals surface area contributed by atoms with Gasteiger partial charge in [0.05, 0.1) is 0 Å². The number of rotatable bonds is 2. The van der Waals surface area contributed by atoms with Crippen molar-refractivity contribution in [2.24, 2.45) is 5.14 Å². The molecule has 0 radical (unpaired) electrons. The molecule has 2 N–H and O–H groups in total. The molecule has 0 saturated heterocycles. The Morgan fingerprint density at radius 3 is 2.80 bits per heavy atom. The summed E-state index contributed by atoms with van der Waals surface area (Å²) in [6.45, 7) is 0. The second kappa shape index (κ2) is 2.52. The van der Waals surface area contributed by atoms with Crippen LogP contribution in [0.5, 0.6) is 5.19 Å². The Labute approximate surface area is 61.7 Å². The average Bonchev–Trinajstić information content (AvgIpc) is 2.12. The average molecular weight is 180 g/mol. The summed E-state index contributed by atoms with van der Waals surface area (Å²) in [5.74, 6) is 0. The number of nitrogens with two attached hydrogens (primary N) is 1. The van der Waals surface area contributed by atoms with Gasteiger partial charge in [0.1, 0.15) is 0 Å². The van der Waals surface area contributed by atoms with Gasteiger partial charge in [0, 0.05) is 11.6 Å². The quantitative estimate of drug-likeness (QED) is 0.678. The van der Waals surface area contributed by atoms with Gasteiger partial charge in [-0.2, -0.15) is 13.6 Å². The first-order valence-electron chi connectivity index (χ1n) is 2.19. The van der Waals surface area contributed by atoms with Gasteiger partial charge in [0.2, 0.25) is 0 Å². The van der Waals surface area contributed by atoms with Crippen LogP contribution in [0.25, 0.3) is 0 Å². The first kappa shape index (κ1) is 7.45. The van der Waals surface area contributed by atoms with Crippen LogP contribution in [-0.4, -0.2) is 13.4 Å². The number of hydrogen-bond donors (Lipinski definition) is 1. The Kier molecular flexibility index (Phi) is 1.88. The standard InChI is InChI=1S/C3H4N2O3S2/c4-10(6,7)8-3-5-1-2-9-3/h1-2H,(H2,4,6,7). The van der Waals surface area contributed by atoms with Crippen molar-refractivity contribution in [2.75, 3.05) is 0 Å². The van der Waals surface area contributed by atoms with Crippen LogP contribution >= 0.6 is 11.3 Å². The lowest BCUT2D eigenvalue weighted by molar-refractivity contribution is 0.486. The highest BCUT2D eigenvalue weighted by Gasteiger charge is 2.05. The molecule has 0 amide bonds. The van der Waals surface area contributed by atoms with E-state index in [0.29, 0.717) is 0 Å². The van der Waals surface area contributed by atoms with Gasteiger partial charge in [-0.15, -0.1) is 0 Å². The predicted octanol–water partition coefficient (Wildman–Crippen LogP) is -0.275. The van der Waals surface area contributed by atoms with Crippen LogP contribution in [-0.2, 0) is 10.3 Å². The van der Waals surface area contributed by atoms with Crippen LogP contribution < -0.4 is 9.32 Å². The van der Waals surface area contributed by atoms with Gasteiger partial charge in [0.15, 0.2) is 0 Å². The van der Waals surface area contributed by atoms with Gasteiger partial charge in [-0.05, 0) is 0 Å². The molecule has 0 atom stereocenters. The molecule has 5 nitrogen and oxygen atoms in total. The molecule has 0 aliphatic heterocycles. The molecule has 10 heavy (non-hydrogen) atoms. The van der Waals surface area contributed by atoms with Crippen LogP contribution in [0, 0.1) is 0 Å². The Morgan fingerprint density at radius 2 is 2.40 bits per heavy atom. The summed E-state index contributed by atoms with van der Waals surface area (Å²) < 4.78 is 24.6. The van der Waals surface area contributed by atoms with E-state index in [4.69, 9.17) is 0 Å². The first-order valence-corrected chi connectivity index (χ1v) is 4.55. The van der Waals surface area contributed by atoms with Crippen LogP contribution in [0.1, 0.15) is 0 Å². The lowest BCUT2D eigenvalue weighted by atomic mass is 11.0. The summed E-state index contributed by atoms with van der Waals surface area (Å²) in [7, 11) is -3.90. The highest BCUT2D eigenvalue weighted by molar-refractivity contribution is 7.84. The molecule has 7 heteroatoms. The molecule has 0 unspecified atom stereocenters. The molecule has 1 aromatic heterocycles. The van der Waals surface area contributed by atoms with Crippen molar-refractivity contribution in [1.29, 1.82) is 0 Å². The first-order chi connectivity index (χ1) is 4.58. The van der Waals surface area contributed by atoms with Gasteiger partial charge in [-0.1, -0.05) is 11.3 Å². The predicted molar refractivity (Wildman–Crippen MR) is 35.8 cm³/mol. The number of thiazole rings is 1. The molecule has 1 aromatic rings. The van der Waals surface area contributed by atoms with Gasteiger partial charge in [0.25, 0.3) is 5.19 Å². The summed E-state index contributed by atoms with van der Waals surface area (Å²) in [4.78, 5) is 3.54. The summed E-state index contributed by atoms with van der Waals surface area (Å²) in [5, 5.41) is 6.16. The van der Waals surface area contributed by atoms with E-state index in [1.807, 2.05) is 0 Å². The van der Waals surface area contributed by atoms with Crippen LogP contribution in [0.4, 0.5) is 0 Å². The minimum absolute atomic E-state index is 0.0301. The van der Waals surface area contributed by atoms with E-state index >= 15 is 0 Å². The maximum atomic E-state index is 10.2. The van der Waals surface area contributed by atoms with E-state index in [1.165, 1.54) is 6.20 Å². The van der Waals surface area contributed by atoms with Crippen molar-refractivity contribution in [2.45, 2.75) is 0 Å². The van der Waals surface area contributed by atoms with Crippen LogP contribution in [0.15, 0.2) is 11.6 Å². The van der Waals surface area contributed by atoms with Crippen LogP contribution in [0.2, 0.25) is 0 Å². The van der Waals surface area contributed by atoms with Crippen molar-refractivity contribution in [1.82, 2.24) is 4.98 Å². The zero-order valence-corrected chi connectivity index (χ0v) is 6.35. The molecule has 0 fully saturated rings. The second-order valence-corrected chi connectivity index (χ2v) is 3.38. The molecular formula is C3H4N2O3S2. The second-order valence-electron chi connectivity index (χ2n) is 1.37. The third-order valence-corrected chi connectivity index (χ3v) is 1.74. The summed E-state index contributed by atoms with van der Waals surface area (Å²) in [6, 6.07) is 0. The monoisotopic (exact) mass is 180 g/mol. The van der Waals surface area contributed by atoms with Gasteiger partial charge in [-0.3, -0.25) is 0 Å². The maximum absolute atomic E-state index is 10.2. The van der Waals surface area contributed by atoms with E-state index in [0.717, 1.165) is 11.3 Å². The zero-order chi connectivity index (χ0) is 7.61. The molecule has 0 aromatic carbocycles. The fraction of sp³-hybridized carbons (Fsp3) is 0. The Hall–Kier alpha value is -0.660. The third-order valence-electron chi connectivity index (χ3n) is 0.597. The highest BCUT2D eigenvalue weighted by Crippen LogP contribution is 2.14. The Bertz CT molecular complexity index is 290. The number of aromatic nitrogens is 1. The van der Waals surface area contributed by atoms with Crippen molar-refractivity contribution >= 4 is 21.6 Å². The van der Waals surface area contributed by atoms with E-state index in [1.54, 1.807) is 5.38 Å². The third kappa shape index (κ3) is 2.29. The Balaban J connectivity index is 2.75. The molecular weight excluding hydrogens is 176 g/mol. The fourth-order valence-corrected chi connectivity index (χ4v) is 1.39. The van der Waals surface area contributed by atoms with Crippen molar-refractivity contribution in [3.8, 4) is 5.19 Å². The summed E-state index contributed by atoms with van der Waals surface area (Å²) >= 11 is 1.06. The fourth-order valence-electron chi connectivity index (χ4n) is 0.351.